The molecule has 1 aliphatic heterocycles. The van der Waals surface area contributed by atoms with Crippen LogP contribution in [0.4, 0.5) is 5.69 Å². The van der Waals surface area contributed by atoms with Gasteiger partial charge in [-0.15, -0.1) is 11.3 Å². The van der Waals surface area contributed by atoms with Crippen LogP contribution in [0.25, 0.3) is 0 Å². The fraction of sp³-hybridized carbons (Fsp3) is 0.273. The Morgan fingerprint density at radius 1 is 1.17 bits per heavy atom. The van der Waals surface area contributed by atoms with Gasteiger partial charge in [0, 0.05) is 42.5 Å². The number of carbonyl (C=O) groups is 1. The van der Waals surface area contributed by atoms with E-state index in [9.17, 15) is 9.59 Å². The van der Waals surface area contributed by atoms with Gasteiger partial charge in [0.1, 0.15) is 13.2 Å². The molecular formula is C22H22N2O5S. The molecule has 3 heterocycles. The van der Waals surface area contributed by atoms with Crippen LogP contribution in [0.5, 0.6) is 11.5 Å². The van der Waals surface area contributed by atoms with Crippen LogP contribution in [0.1, 0.15) is 15.2 Å². The Morgan fingerprint density at radius 2 is 2.00 bits per heavy atom. The van der Waals surface area contributed by atoms with E-state index in [1.54, 1.807) is 35.6 Å². The Balaban J connectivity index is 1.69. The lowest BCUT2D eigenvalue weighted by molar-refractivity contribution is 0.0984. The van der Waals surface area contributed by atoms with Crippen molar-refractivity contribution in [1.29, 1.82) is 0 Å². The maximum absolute atomic E-state index is 13.5. The predicted octanol–water partition coefficient (Wildman–Crippen LogP) is 3.17. The molecule has 0 saturated heterocycles. The number of carbonyl (C=O) groups excluding carboxylic acids is 1. The van der Waals surface area contributed by atoms with Crippen molar-refractivity contribution >= 4 is 22.9 Å². The third kappa shape index (κ3) is 4.39. The molecule has 1 aromatic carbocycles. The first-order valence-corrected chi connectivity index (χ1v) is 10.5. The zero-order valence-corrected chi connectivity index (χ0v) is 17.4. The van der Waals surface area contributed by atoms with Crippen molar-refractivity contribution in [3.63, 3.8) is 0 Å². The quantitative estimate of drug-likeness (QED) is 0.580. The zero-order valence-electron chi connectivity index (χ0n) is 16.6. The van der Waals surface area contributed by atoms with Crippen LogP contribution in [0, 0.1) is 0 Å². The molecular weight excluding hydrogens is 404 g/mol. The number of hydrogen-bond acceptors (Lipinski definition) is 6. The van der Waals surface area contributed by atoms with E-state index in [0.717, 1.165) is 4.88 Å². The number of fused-ring (bicyclic) bond motifs is 1. The van der Waals surface area contributed by atoms with Crippen LogP contribution in [0.3, 0.4) is 0 Å². The molecule has 2 aromatic heterocycles. The number of hydrogen-bond donors (Lipinski definition) is 0. The number of nitrogens with zero attached hydrogens (tertiary/aromatic N) is 2. The molecule has 1 aliphatic rings. The molecule has 7 nitrogen and oxygen atoms in total. The topological polar surface area (TPSA) is 70.0 Å². The molecule has 0 bridgehead atoms. The van der Waals surface area contributed by atoms with Crippen molar-refractivity contribution in [3.05, 3.63) is 74.8 Å². The van der Waals surface area contributed by atoms with Gasteiger partial charge in [-0.1, -0.05) is 6.07 Å². The Hall–Kier alpha value is -3.10. The first-order valence-electron chi connectivity index (χ1n) is 9.59. The average Bonchev–Trinajstić information content (AvgIpc) is 3.29. The summed E-state index contributed by atoms with van der Waals surface area (Å²) in [5, 5.41) is 1.98. The highest BCUT2D eigenvalue weighted by Gasteiger charge is 2.22. The van der Waals surface area contributed by atoms with Crippen LogP contribution >= 0.6 is 11.3 Å². The second-order valence-corrected chi connectivity index (χ2v) is 7.77. The summed E-state index contributed by atoms with van der Waals surface area (Å²) in [6.45, 7) is 2.16. The van der Waals surface area contributed by atoms with Crippen molar-refractivity contribution in [2.24, 2.45) is 0 Å². The van der Waals surface area contributed by atoms with Gasteiger partial charge in [-0.3, -0.25) is 9.59 Å². The third-order valence-corrected chi connectivity index (χ3v) is 5.60. The fourth-order valence-electron chi connectivity index (χ4n) is 3.22. The van der Waals surface area contributed by atoms with Gasteiger partial charge in [-0.2, -0.15) is 0 Å². The molecule has 30 heavy (non-hydrogen) atoms. The third-order valence-electron chi connectivity index (χ3n) is 4.74. The van der Waals surface area contributed by atoms with Gasteiger partial charge in [-0.05, 0) is 29.6 Å². The number of amides is 1. The minimum absolute atomic E-state index is 0.173. The monoisotopic (exact) mass is 426 g/mol. The SMILES string of the molecule is COCCn1cc(C(=O)N(Cc2cccs2)c2ccc3c(c2)OCCO3)ccc1=O. The number of aromatic nitrogens is 1. The maximum Gasteiger partial charge on any atom is 0.260 e. The first-order chi connectivity index (χ1) is 14.7. The standard InChI is InChI=1S/C22H22N2O5S/c1-27-9-8-23-14-16(4-7-21(23)25)22(26)24(15-18-3-2-12-30-18)17-5-6-19-20(13-17)29-11-10-28-19/h2-7,12-14H,8-11,15H2,1H3. The molecule has 0 fully saturated rings. The van der Waals surface area contributed by atoms with Crippen LogP contribution in [0.15, 0.2) is 58.8 Å². The van der Waals surface area contributed by atoms with Crippen molar-refractivity contribution in [1.82, 2.24) is 4.57 Å². The minimum Gasteiger partial charge on any atom is -0.486 e. The number of methoxy groups -OCH3 is 1. The molecule has 8 heteroatoms. The summed E-state index contributed by atoms with van der Waals surface area (Å²) in [5.41, 5.74) is 0.956. The summed E-state index contributed by atoms with van der Waals surface area (Å²) in [4.78, 5) is 28.3. The summed E-state index contributed by atoms with van der Waals surface area (Å²) in [5.74, 6) is 1.08. The molecule has 156 valence electrons. The molecule has 0 unspecified atom stereocenters. The number of ether oxygens (including phenoxy) is 3. The molecule has 0 aliphatic carbocycles. The van der Waals surface area contributed by atoms with E-state index in [0.29, 0.717) is 55.7 Å². The Morgan fingerprint density at radius 3 is 2.77 bits per heavy atom. The zero-order chi connectivity index (χ0) is 20.9. The minimum atomic E-state index is -0.203. The van der Waals surface area contributed by atoms with E-state index < -0.39 is 0 Å². The van der Waals surface area contributed by atoms with Gasteiger partial charge in [0.05, 0.1) is 18.7 Å². The molecule has 0 spiro atoms. The van der Waals surface area contributed by atoms with Gasteiger partial charge in [0.25, 0.3) is 11.5 Å². The smallest absolute Gasteiger partial charge is 0.260 e. The van der Waals surface area contributed by atoms with E-state index in [1.165, 1.54) is 10.6 Å². The van der Waals surface area contributed by atoms with E-state index in [1.807, 2.05) is 35.7 Å². The van der Waals surface area contributed by atoms with E-state index in [-0.39, 0.29) is 11.5 Å². The van der Waals surface area contributed by atoms with E-state index in [4.69, 9.17) is 14.2 Å². The Kier molecular flexibility index (Phi) is 6.15. The number of rotatable bonds is 7. The highest BCUT2D eigenvalue weighted by atomic mass is 32.1. The molecule has 3 aromatic rings. The number of anilines is 1. The lowest BCUT2D eigenvalue weighted by atomic mass is 10.2. The molecule has 0 saturated carbocycles. The Labute approximate surface area is 178 Å². The predicted molar refractivity (Wildman–Crippen MR) is 115 cm³/mol. The molecule has 4 rings (SSSR count). The van der Waals surface area contributed by atoms with Gasteiger partial charge < -0.3 is 23.7 Å². The van der Waals surface area contributed by atoms with E-state index in [2.05, 4.69) is 0 Å². The molecule has 0 radical (unpaired) electrons. The summed E-state index contributed by atoms with van der Waals surface area (Å²) < 4.78 is 17.8. The first kappa shape index (κ1) is 20.2. The van der Waals surface area contributed by atoms with Gasteiger partial charge in [-0.25, -0.2) is 0 Å². The van der Waals surface area contributed by atoms with Crippen molar-refractivity contribution in [3.8, 4) is 11.5 Å². The summed E-state index contributed by atoms with van der Waals surface area (Å²) in [7, 11) is 1.57. The van der Waals surface area contributed by atoms with Crippen LogP contribution < -0.4 is 19.9 Å². The van der Waals surface area contributed by atoms with Crippen LogP contribution in [0.2, 0.25) is 0 Å². The van der Waals surface area contributed by atoms with E-state index >= 15 is 0 Å². The van der Waals surface area contributed by atoms with Crippen molar-refractivity contribution in [2.45, 2.75) is 13.1 Å². The highest BCUT2D eigenvalue weighted by Crippen LogP contribution is 2.35. The summed E-state index contributed by atoms with van der Waals surface area (Å²) in [6, 6.07) is 12.4. The van der Waals surface area contributed by atoms with Gasteiger partial charge >= 0.3 is 0 Å². The lowest BCUT2D eigenvalue weighted by Gasteiger charge is -2.25. The lowest BCUT2D eigenvalue weighted by Crippen LogP contribution is -2.32. The molecule has 1 amide bonds. The van der Waals surface area contributed by atoms with Crippen molar-refractivity contribution in [2.75, 3.05) is 31.8 Å². The second-order valence-electron chi connectivity index (χ2n) is 6.74. The number of thiophene rings is 1. The number of pyridine rings is 1. The maximum atomic E-state index is 13.5. The van der Waals surface area contributed by atoms with Crippen LogP contribution in [-0.2, 0) is 17.8 Å². The largest absolute Gasteiger partial charge is 0.486 e. The van der Waals surface area contributed by atoms with Gasteiger partial charge in [0.2, 0.25) is 0 Å². The average molecular weight is 426 g/mol. The van der Waals surface area contributed by atoms with Crippen molar-refractivity contribution < 1.29 is 19.0 Å². The number of benzene rings is 1. The van der Waals surface area contributed by atoms with Gasteiger partial charge in [0.15, 0.2) is 11.5 Å². The molecule has 0 atom stereocenters. The fourth-order valence-corrected chi connectivity index (χ4v) is 3.91. The second kappa shape index (κ2) is 9.15. The summed E-state index contributed by atoms with van der Waals surface area (Å²) >= 11 is 1.58. The van der Waals surface area contributed by atoms with Crippen LogP contribution in [-0.4, -0.2) is 37.4 Å². The summed E-state index contributed by atoms with van der Waals surface area (Å²) in [6.07, 6.45) is 1.59. The highest BCUT2D eigenvalue weighted by molar-refractivity contribution is 7.09. The molecule has 0 N–H and O–H groups in total. The Bertz CT molecular complexity index is 1080. The normalized spacial score (nSPS) is 12.6.